The fourth-order valence-corrected chi connectivity index (χ4v) is 2.47. The summed E-state index contributed by atoms with van der Waals surface area (Å²) >= 11 is 0.972. The first-order valence-electron chi connectivity index (χ1n) is 5.85. The summed E-state index contributed by atoms with van der Waals surface area (Å²) in [4.78, 5) is 12.1. The number of Topliss-reactive ketones (excluding diaryl/α,β-unsaturated/α-hetero) is 1. The van der Waals surface area contributed by atoms with Gasteiger partial charge in [-0.2, -0.15) is 0 Å². The molecule has 5 heteroatoms. The number of halogens is 2. The van der Waals surface area contributed by atoms with Crippen LogP contribution in [0.2, 0.25) is 0 Å². The third kappa shape index (κ3) is 3.57. The summed E-state index contributed by atoms with van der Waals surface area (Å²) in [5.74, 6) is -0.610. The van der Waals surface area contributed by atoms with Gasteiger partial charge in [-0.05, 0) is 30.3 Å². The van der Waals surface area contributed by atoms with Crippen LogP contribution in [0.4, 0.5) is 8.78 Å². The Morgan fingerprint density at radius 3 is 2.75 bits per heavy atom. The summed E-state index contributed by atoms with van der Waals surface area (Å²) < 4.78 is 31.5. The summed E-state index contributed by atoms with van der Waals surface area (Å²) in [5, 5.41) is 0. The number of methoxy groups -OCH3 is 1. The van der Waals surface area contributed by atoms with E-state index in [9.17, 15) is 13.6 Å². The summed E-state index contributed by atoms with van der Waals surface area (Å²) in [6.45, 7) is 0. The van der Waals surface area contributed by atoms with Gasteiger partial charge in [-0.25, -0.2) is 8.78 Å². The van der Waals surface area contributed by atoms with Crippen LogP contribution in [0.5, 0.6) is 5.75 Å². The van der Waals surface area contributed by atoms with E-state index in [0.29, 0.717) is 11.3 Å². The molecule has 0 aromatic heterocycles. The van der Waals surface area contributed by atoms with Crippen LogP contribution in [0.1, 0.15) is 10.4 Å². The Hall–Kier alpha value is -1.88. The molecule has 0 spiro atoms. The molecular weight excluding hydrogens is 282 g/mol. The van der Waals surface area contributed by atoms with Gasteiger partial charge in [-0.15, -0.1) is 11.8 Å². The van der Waals surface area contributed by atoms with Crippen molar-refractivity contribution in [2.24, 2.45) is 0 Å². The molecule has 20 heavy (non-hydrogen) atoms. The second kappa shape index (κ2) is 6.52. The highest BCUT2D eigenvalue weighted by molar-refractivity contribution is 8.00. The molecule has 2 aromatic rings. The molecule has 2 aromatic carbocycles. The maximum Gasteiger partial charge on any atom is 0.173 e. The predicted octanol–water partition coefficient (Wildman–Crippen LogP) is 3.95. The van der Waals surface area contributed by atoms with Crippen LogP contribution < -0.4 is 4.74 Å². The number of ketones is 1. The van der Waals surface area contributed by atoms with Crippen molar-refractivity contribution >= 4 is 17.5 Å². The van der Waals surface area contributed by atoms with Crippen LogP contribution in [0.25, 0.3) is 0 Å². The number of carbonyl (C=O) groups excluding carboxylic acids is 1. The molecule has 0 amide bonds. The minimum absolute atomic E-state index is 0.0353. The summed E-state index contributed by atoms with van der Waals surface area (Å²) in [6, 6.07) is 9.89. The van der Waals surface area contributed by atoms with E-state index in [1.165, 1.54) is 7.11 Å². The van der Waals surface area contributed by atoms with E-state index in [-0.39, 0.29) is 16.4 Å². The third-order valence-corrected chi connectivity index (χ3v) is 3.67. The lowest BCUT2D eigenvalue weighted by molar-refractivity contribution is 0.102. The molecule has 0 saturated heterocycles. The lowest BCUT2D eigenvalue weighted by Gasteiger charge is -2.05. The molecule has 0 bridgehead atoms. The van der Waals surface area contributed by atoms with Crippen molar-refractivity contribution in [2.75, 3.05) is 12.9 Å². The minimum Gasteiger partial charge on any atom is -0.497 e. The van der Waals surface area contributed by atoms with Crippen LogP contribution in [-0.2, 0) is 0 Å². The number of hydrogen-bond acceptors (Lipinski definition) is 3. The maximum absolute atomic E-state index is 13.4. The smallest absolute Gasteiger partial charge is 0.173 e. The van der Waals surface area contributed by atoms with Crippen LogP contribution in [0, 0.1) is 11.6 Å². The van der Waals surface area contributed by atoms with E-state index in [2.05, 4.69) is 0 Å². The molecule has 0 unspecified atom stereocenters. The topological polar surface area (TPSA) is 26.3 Å². The SMILES string of the molecule is COc1cccc(C(=O)CSc2cc(F)ccc2F)c1. The highest BCUT2D eigenvalue weighted by Gasteiger charge is 2.10. The van der Waals surface area contributed by atoms with Crippen LogP contribution in [0.3, 0.4) is 0 Å². The van der Waals surface area contributed by atoms with E-state index in [1.54, 1.807) is 24.3 Å². The first-order valence-corrected chi connectivity index (χ1v) is 6.84. The van der Waals surface area contributed by atoms with E-state index < -0.39 is 11.6 Å². The minimum atomic E-state index is -0.533. The summed E-state index contributed by atoms with van der Waals surface area (Å²) in [5.41, 5.74) is 0.480. The number of rotatable bonds is 5. The third-order valence-electron chi connectivity index (χ3n) is 2.64. The van der Waals surface area contributed by atoms with Gasteiger partial charge in [-0.1, -0.05) is 12.1 Å². The zero-order chi connectivity index (χ0) is 14.5. The number of ether oxygens (including phenoxy) is 1. The number of thioether (sulfide) groups is 1. The molecule has 0 fully saturated rings. The Bertz CT molecular complexity index is 629. The average molecular weight is 294 g/mol. The zero-order valence-corrected chi connectivity index (χ0v) is 11.5. The highest BCUT2D eigenvalue weighted by Crippen LogP contribution is 2.24. The van der Waals surface area contributed by atoms with Crippen molar-refractivity contribution in [3.63, 3.8) is 0 Å². The van der Waals surface area contributed by atoms with Crippen molar-refractivity contribution in [1.29, 1.82) is 0 Å². The van der Waals surface area contributed by atoms with Gasteiger partial charge in [0.15, 0.2) is 5.78 Å². The van der Waals surface area contributed by atoms with Gasteiger partial charge in [0, 0.05) is 10.5 Å². The van der Waals surface area contributed by atoms with Gasteiger partial charge < -0.3 is 4.74 Å². The molecule has 104 valence electrons. The molecule has 0 aliphatic heterocycles. The standard InChI is InChI=1S/C15H12F2O2S/c1-19-12-4-2-3-10(7-12)14(18)9-20-15-8-11(16)5-6-13(15)17/h2-8H,9H2,1H3. The molecule has 0 N–H and O–H groups in total. The zero-order valence-electron chi connectivity index (χ0n) is 10.7. The molecule has 0 aliphatic carbocycles. The van der Waals surface area contributed by atoms with E-state index in [4.69, 9.17) is 4.74 Å². The lowest BCUT2D eigenvalue weighted by Crippen LogP contribution is -2.03. The van der Waals surface area contributed by atoms with Crippen LogP contribution >= 0.6 is 11.8 Å². The van der Waals surface area contributed by atoms with Crippen molar-refractivity contribution in [1.82, 2.24) is 0 Å². The quantitative estimate of drug-likeness (QED) is 0.617. The first-order chi connectivity index (χ1) is 9.60. The largest absolute Gasteiger partial charge is 0.497 e. The number of hydrogen-bond donors (Lipinski definition) is 0. The lowest BCUT2D eigenvalue weighted by atomic mass is 10.1. The van der Waals surface area contributed by atoms with E-state index in [0.717, 1.165) is 30.0 Å². The number of benzene rings is 2. The van der Waals surface area contributed by atoms with Crippen molar-refractivity contribution in [2.45, 2.75) is 4.90 Å². The van der Waals surface area contributed by atoms with Crippen molar-refractivity contribution < 1.29 is 18.3 Å². The van der Waals surface area contributed by atoms with E-state index in [1.807, 2.05) is 0 Å². The highest BCUT2D eigenvalue weighted by atomic mass is 32.2. The fraction of sp³-hybridized carbons (Fsp3) is 0.133. The summed E-state index contributed by atoms with van der Waals surface area (Å²) in [6.07, 6.45) is 0. The van der Waals surface area contributed by atoms with Gasteiger partial charge >= 0.3 is 0 Å². The van der Waals surface area contributed by atoms with Gasteiger partial charge in [-0.3, -0.25) is 4.79 Å². The molecule has 0 saturated carbocycles. The van der Waals surface area contributed by atoms with Gasteiger partial charge in [0.25, 0.3) is 0 Å². The van der Waals surface area contributed by atoms with E-state index >= 15 is 0 Å². The molecule has 0 radical (unpaired) electrons. The van der Waals surface area contributed by atoms with Crippen molar-refractivity contribution in [3.05, 3.63) is 59.7 Å². The number of carbonyl (C=O) groups is 1. The fourth-order valence-electron chi connectivity index (χ4n) is 1.61. The Labute approximate surface area is 119 Å². The second-order valence-electron chi connectivity index (χ2n) is 4.02. The van der Waals surface area contributed by atoms with Gasteiger partial charge in [0.1, 0.15) is 17.4 Å². The van der Waals surface area contributed by atoms with Gasteiger partial charge in [0.2, 0.25) is 0 Å². The van der Waals surface area contributed by atoms with Crippen LogP contribution in [-0.4, -0.2) is 18.6 Å². The Morgan fingerprint density at radius 1 is 1.20 bits per heavy atom. The molecule has 0 atom stereocenters. The first kappa shape index (κ1) is 14.5. The Morgan fingerprint density at radius 2 is 2.00 bits per heavy atom. The van der Waals surface area contributed by atoms with Gasteiger partial charge in [0.05, 0.1) is 12.9 Å². The predicted molar refractivity (Wildman–Crippen MR) is 74.4 cm³/mol. The molecular formula is C15H12F2O2S. The van der Waals surface area contributed by atoms with Crippen LogP contribution in [0.15, 0.2) is 47.4 Å². The molecule has 0 aliphatic rings. The summed E-state index contributed by atoms with van der Waals surface area (Å²) in [7, 11) is 1.51. The average Bonchev–Trinajstić information content (AvgIpc) is 2.48. The molecule has 2 nitrogen and oxygen atoms in total. The maximum atomic E-state index is 13.4. The second-order valence-corrected chi connectivity index (χ2v) is 5.04. The molecule has 2 rings (SSSR count). The Kier molecular flexibility index (Phi) is 4.74. The van der Waals surface area contributed by atoms with Crippen molar-refractivity contribution in [3.8, 4) is 5.75 Å². The normalized spacial score (nSPS) is 10.3. The molecule has 0 heterocycles. The Balaban J connectivity index is 2.06. The monoisotopic (exact) mass is 294 g/mol.